The van der Waals surface area contributed by atoms with Gasteiger partial charge in [-0.05, 0) is 44.2 Å². The predicted molar refractivity (Wildman–Crippen MR) is 119 cm³/mol. The van der Waals surface area contributed by atoms with Gasteiger partial charge in [0.25, 0.3) is 5.91 Å². The average Bonchev–Trinajstić information content (AvgIpc) is 3.44. The minimum absolute atomic E-state index is 0.0540. The first-order chi connectivity index (χ1) is 17.5. The van der Waals surface area contributed by atoms with E-state index in [2.05, 4.69) is 10.4 Å². The molecule has 2 heterocycles. The fraction of sp³-hybridized carbons (Fsp3) is 0.167. The molecule has 0 saturated carbocycles. The summed E-state index contributed by atoms with van der Waals surface area (Å²) in [5.41, 5.74) is -0.510. The van der Waals surface area contributed by atoms with Crippen molar-refractivity contribution in [2.75, 3.05) is 5.32 Å². The number of carbonyl (C=O) groups is 1. The number of ether oxygens (including phenoxy) is 1. The van der Waals surface area contributed by atoms with Crippen LogP contribution in [0.15, 0.2) is 34.7 Å². The smallest absolute Gasteiger partial charge is 0.291 e. The molecule has 6 nitrogen and oxygen atoms in total. The number of rotatable bonds is 7. The maximum absolute atomic E-state index is 14.1. The molecule has 0 atom stereocenters. The number of halogens is 7. The highest BCUT2D eigenvalue weighted by atomic mass is 35.5. The van der Waals surface area contributed by atoms with Crippen LogP contribution in [0.2, 0.25) is 5.02 Å². The third kappa shape index (κ3) is 5.15. The second-order valence-electron chi connectivity index (χ2n) is 7.84. The molecule has 0 spiro atoms. The Labute approximate surface area is 210 Å². The zero-order valence-electron chi connectivity index (χ0n) is 19.1. The summed E-state index contributed by atoms with van der Waals surface area (Å²) in [4.78, 5) is 12.7. The largest absolute Gasteiger partial charge is 0.484 e. The minimum atomic E-state index is -2.26. The number of furan rings is 1. The summed E-state index contributed by atoms with van der Waals surface area (Å²) in [6, 6.07) is 6.42. The zero-order chi connectivity index (χ0) is 27.0. The van der Waals surface area contributed by atoms with Crippen molar-refractivity contribution in [3.63, 3.8) is 0 Å². The molecule has 0 aliphatic rings. The lowest BCUT2D eigenvalue weighted by molar-refractivity contribution is 0.0992. The first-order valence-electron chi connectivity index (χ1n) is 10.5. The van der Waals surface area contributed by atoms with Crippen LogP contribution in [0.5, 0.6) is 5.75 Å². The van der Waals surface area contributed by atoms with E-state index in [0.717, 1.165) is 10.7 Å². The summed E-state index contributed by atoms with van der Waals surface area (Å²) in [5, 5.41) is 6.64. The maximum atomic E-state index is 14.1. The molecule has 0 bridgehead atoms. The van der Waals surface area contributed by atoms with Crippen molar-refractivity contribution in [1.82, 2.24) is 9.78 Å². The van der Waals surface area contributed by atoms with Crippen LogP contribution in [0.3, 0.4) is 0 Å². The molecular formula is C24H16ClF6N3O3. The van der Waals surface area contributed by atoms with Crippen molar-refractivity contribution in [3.05, 3.63) is 98.7 Å². The predicted octanol–water partition coefficient (Wildman–Crippen LogP) is 6.46. The molecule has 1 N–H and O–H groups in total. The normalized spacial score (nSPS) is 11.2. The van der Waals surface area contributed by atoms with E-state index in [1.807, 2.05) is 0 Å². The molecule has 2 aromatic carbocycles. The van der Waals surface area contributed by atoms with Gasteiger partial charge in [-0.15, -0.1) is 0 Å². The first-order valence-corrected chi connectivity index (χ1v) is 10.9. The average molecular weight is 544 g/mol. The van der Waals surface area contributed by atoms with Gasteiger partial charge in [0, 0.05) is 0 Å². The summed E-state index contributed by atoms with van der Waals surface area (Å²) >= 11 is 5.90. The molecule has 2 aromatic heterocycles. The van der Waals surface area contributed by atoms with Gasteiger partial charge in [-0.3, -0.25) is 9.48 Å². The lowest BCUT2D eigenvalue weighted by Crippen LogP contribution is -2.14. The van der Waals surface area contributed by atoms with Gasteiger partial charge in [0.2, 0.25) is 5.82 Å². The summed E-state index contributed by atoms with van der Waals surface area (Å²) in [5.74, 6) is -11.2. The van der Waals surface area contributed by atoms with Crippen molar-refractivity contribution in [1.29, 1.82) is 0 Å². The molecule has 0 saturated heterocycles. The second-order valence-corrected chi connectivity index (χ2v) is 8.24. The van der Waals surface area contributed by atoms with Gasteiger partial charge in [0.1, 0.15) is 23.9 Å². The van der Waals surface area contributed by atoms with E-state index < -0.39 is 52.9 Å². The topological polar surface area (TPSA) is 69.3 Å². The van der Waals surface area contributed by atoms with Crippen LogP contribution in [-0.4, -0.2) is 15.7 Å². The third-order valence-electron chi connectivity index (χ3n) is 5.38. The number of nitrogens with one attached hydrogen (secondary N) is 1. The molecule has 13 heteroatoms. The third-order valence-corrected chi connectivity index (χ3v) is 5.67. The van der Waals surface area contributed by atoms with Crippen LogP contribution in [0.4, 0.5) is 32.0 Å². The fourth-order valence-electron chi connectivity index (χ4n) is 3.46. The highest BCUT2D eigenvalue weighted by Gasteiger charge is 2.27. The van der Waals surface area contributed by atoms with Crippen molar-refractivity contribution >= 4 is 23.2 Å². The van der Waals surface area contributed by atoms with Crippen LogP contribution < -0.4 is 10.1 Å². The Hall–Kier alpha value is -3.93. The molecule has 0 aliphatic carbocycles. The number of benzene rings is 2. The lowest BCUT2D eigenvalue weighted by atomic mass is 10.1. The number of anilines is 1. The Morgan fingerprint density at radius 3 is 2.30 bits per heavy atom. The minimum Gasteiger partial charge on any atom is -0.484 e. The highest BCUT2D eigenvalue weighted by Crippen LogP contribution is 2.28. The Bertz CT molecular complexity index is 1490. The molecule has 0 radical (unpaired) electrons. The standard InChI is InChI=1S/C24H16ClF6N3O3/c1-10-23(11(2)34(33-10)8-14-18(27)20(29)22(31)21(30)19(14)28)32-24(35)17-6-4-13(37-17)9-36-16-5-3-12(26)7-15(16)25/h3-7H,8-9H2,1-2H3,(H,32,35). The number of aryl methyl sites for hydroxylation is 1. The van der Waals surface area contributed by atoms with Crippen LogP contribution in [0.1, 0.15) is 33.3 Å². The molecule has 0 unspecified atom stereocenters. The Morgan fingerprint density at radius 2 is 1.65 bits per heavy atom. The van der Waals surface area contributed by atoms with E-state index in [-0.39, 0.29) is 46.0 Å². The Kier molecular flexibility index (Phi) is 7.21. The summed E-state index contributed by atoms with van der Waals surface area (Å²) < 4.78 is 93.7. The molecule has 1 amide bonds. The maximum Gasteiger partial charge on any atom is 0.291 e. The monoisotopic (exact) mass is 543 g/mol. The quantitative estimate of drug-likeness (QED) is 0.165. The number of nitrogens with zero attached hydrogens (tertiary/aromatic N) is 2. The second kappa shape index (κ2) is 10.2. The first kappa shape index (κ1) is 26.1. The molecule has 0 fully saturated rings. The number of hydrogen-bond donors (Lipinski definition) is 1. The number of carbonyl (C=O) groups excluding carboxylic acids is 1. The molecule has 0 aliphatic heterocycles. The van der Waals surface area contributed by atoms with Crippen molar-refractivity contribution in [2.45, 2.75) is 27.0 Å². The molecular weight excluding hydrogens is 528 g/mol. The van der Waals surface area contributed by atoms with Gasteiger partial charge >= 0.3 is 0 Å². The zero-order valence-corrected chi connectivity index (χ0v) is 19.8. The number of hydrogen-bond acceptors (Lipinski definition) is 4. The van der Waals surface area contributed by atoms with Crippen LogP contribution in [0.25, 0.3) is 0 Å². The van der Waals surface area contributed by atoms with E-state index in [1.54, 1.807) is 0 Å². The fourth-order valence-corrected chi connectivity index (χ4v) is 3.69. The van der Waals surface area contributed by atoms with E-state index in [4.69, 9.17) is 20.8 Å². The highest BCUT2D eigenvalue weighted by molar-refractivity contribution is 6.32. The summed E-state index contributed by atoms with van der Waals surface area (Å²) in [6.45, 7) is 2.03. The molecule has 194 valence electrons. The van der Waals surface area contributed by atoms with E-state index in [1.165, 1.54) is 38.1 Å². The van der Waals surface area contributed by atoms with Gasteiger partial charge in [-0.1, -0.05) is 11.6 Å². The lowest BCUT2D eigenvalue weighted by Gasteiger charge is -2.10. The summed E-state index contributed by atoms with van der Waals surface area (Å²) in [7, 11) is 0. The van der Waals surface area contributed by atoms with E-state index in [9.17, 15) is 31.1 Å². The van der Waals surface area contributed by atoms with Crippen LogP contribution in [-0.2, 0) is 13.2 Å². The molecule has 37 heavy (non-hydrogen) atoms. The number of amides is 1. The van der Waals surface area contributed by atoms with Crippen LogP contribution in [0, 0.1) is 48.8 Å². The summed E-state index contributed by atoms with van der Waals surface area (Å²) in [6.07, 6.45) is 0. The van der Waals surface area contributed by atoms with Gasteiger partial charge in [0.05, 0.1) is 34.2 Å². The SMILES string of the molecule is Cc1nn(Cc2c(F)c(F)c(F)c(F)c2F)c(C)c1NC(=O)c1ccc(COc2ccc(F)cc2Cl)o1. The van der Waals surface area contributed by atoms with Crippen LogP contribution >= 0.6 is 11.6 Å². The molecule has 4 aromatic rings. The number of aromatic nitrogens is 2. The van der Waals surface area contributed by atoms with Gasteiger partial charge in [-0.2, -0.15) is 5.10 Å². The van der Waals surface area contributed by atoms with Crippen molar-refractivity contribution in [2.24, 2.45) is 0 Å². The van der Waals surface area contributed by atoms with Crippen molar-refractivity contribution in [3.8, 4) is 5.75 Å². The van der Waals surface area contributed by atoms with Gasteiger partial charge < -0.3 is 14.5 Å². The van der Waals surface area contributed by atoms with E-state index in [0.29, 0.717) is 0 Å². The Balaban J connectivity index is 1.48. The van der Waals surface area contributed by atoms with Gasteiger partial charge in [0.15, 0.2) is 29.0 Å². The van der Waals surface area contributed by atoms with Crippen molar-refractivity contribution < 1.29 is 40.3 Å². The Morgan fingerprint density at radius 1 is 1.00 bits per heavy atom. The van der Waals surface area contributed by atoms with E-state index >= 15 is 0 Å². The molecule has 4 rings (SSSR count). The van der Waals surface area contributed by atoms with Gasteiger partial charge in [-0.25, -0.2) is 26.3 Å².